The summed E-state index contributed by atoms with van der Waals surface area (Å²) in [4.78, 5) is 10.5. The second-order valence-electron chi connectivity index (χ2n) is 2.28. The Labute approximate surface area is 66.7 Å². The van der Waals surface area contributed by atoms with E-state index < -0.39 is 5.97 Å². The van der Waals surface area contributed by atoms with Crippen LogP contribution in [0.5, 0.6) is 0 Å². The maximum atomic E-state index is 10.5. The van der Waals surface area contributed by atoms with Crippen LogP contribution in [0.2, 0.25) is 0 Å². The van der Waals surface area contributed by atoms with E-state index in [2.05, 4.69) is 19.2 Å². The summed E-state index contributed by atoms with van der Waals surface area (Å²) in [5, 5.41) is 0. The number of carbonyl (C=O) groups is 1. The Kier molecular flexibility index (Phi) is 4.19. The van der Waals surface area contributed by atoms with Crippen LogP contribution in [0.1, 0.15) is 13.8 Å². The average molecular weight is 160 g/mol. The smallest absolute Gasteiger partial charge is 0.331 e. The molecule has 0 bridgehead atoms. The molecule has 0 rings (SSSR count). The van der Waals surface area contributed by atoms with E-state index in [1.54, 1.807) is 0 Å². The molecule has 0 radical (unpaired) electrons. The van der Waals surface area contributed by atoms with Crippen LogP contribution in [0.3, 0.4) is 0 Å². The zero-order valence-corrected chi connectivity index (χ0v) is 7.10. The molecule has 0 aliphatic heterocycles. The summed E-state index contributed by atoms with van der Waals surface area (Å²) < 4.78 is 4.77. The summed E-state index contributed by atoms with van der Waals surface area (Å²) in [6.07, 6.45) is 1.13. The maximum Gasteiger partial charge on any atom is 0.331 e. The summed E-state index contributed by atoms with van der Waals surface area (Å²) in [7, 11) is 0. The molecule has 2 nitrogen and oxygen atoms in total. The molecule has 0 spiro atoms. The molecule has 58 valence electrons. The fraction of sp³-hybridized carbons (Fsp3) is 0.571. The number of thiol groups is 1. The van der Waals surface area contributed by atoms with Crippen molar-refractivity contribution in [1.29, 1.82) is 0 Å². The Hall–Kier alpha value is -0.440. The van der Waals surface area contributed by atoms with Crippen LogP contribution in [-0.2, 0) is 9.53 Å². The van der Waals surface area contributed by atoms with Gasteiger partial charge in [-0.05, 0) is 5.92 Å². The van der Waals surface area contributed by atoms with Gasteiger partial charge < -0.3 is 4.74 Å². The topological polar surface area (TPSA) is 26.3 Å². The van der Waals surface area contributed by atoms with Crippen LogP contribution < -0.4 is 0 Å². The second-order valence-corrected chi connectivity index (χ2v) is 2.78. The van der Waals surface area contributed by atoms with E-state index >= 15 is 0 Å². The molecule has 0 saturated carbocycles. The van der Waals surface area contributed by atoms with Crippen molar-refractivity contribution in [1.82, 2.24) is 0 Å². The molecule has 1 unspecified atom stereocenters. The lowest BCUT2D eigenvalue weighted by Gasteiger charge is -2.13. The Bertz CT molecular complexity index is 132. The van der Waals surface area contributed by atoms with Gasteiger partial charge in [0, 0.05) is 6.08 Å². The van der Waals surface area contributed by atoms with Crippen molar-refractivity contribution in [3.63, 3.8) is 0 Å². The van der Waals surface area contributed by atoms with Crippen molar-refractivity contribution >= 4 is 18.6 Å². The van der Waals surface area contributed by atoms with E-state index in [1.165, 1.54) is 0 Å². The van der Waals surface area contributed by atoms with Gasteiger partial charge in [-0.25, -0.2) is 4.79 Å². The molecule has 0 heterocycles. The molecule has 1 atom stereocenters. The minimum atomic E-state index is -0.422. The third kappa shape index (κ3) is 3.56. The van der Waals surface area contributed by atoms with Crippen LogP contribution in [0.25, 0.3) is 0 Å². The molecule has 0 saturated heterocycles. The van der Waals surface area contributed by atoms with Crippen LogP contribution in [0.15, 0.2) is 12.7 Å². The lowest BCUT2D eigenvalue weighted by Crippen LogP contribution is -2.16. The Morgan fingerprint density at radius 3 is 2.50 bits per heavy atom. The van der Waals surface area contributed by atoms with E-state index in [9.17, 15) is 4.79 Å². The molecule has 0 aliphatic rings. The Morgan fingerprint density at radius 2 is 2.20 bits per heavy atom. The summed E-state index contributed by atoms with van der Waals surface area (Å²) in [6.45, 7) is 7.11. The highest BCUT2D eigenvalue weighted by atomic mass is 32.1. The van der Waals surface area contributed by atoms with Crippen molar-refractivity contribution in [2.45, 2.75) is 19.3 Å². The van der Waals surface area contributed by atoms with Crippen LogP contribution in [0, 0.1) is 5.92 Å². The number of rotatable bonds is 3. The number of hydrogen-bond donors (Lipinski definition) is 1. The molecule has 0 aromatic carbocycles. The first-order chi connectivity index (χ1) is 4.57. The normalized spacial score (nSPS) is 12.8. The maximum absolute atomic E-state index is 10.5. The first kappa shape index (κ1) is 9.56. The van der Waals surface area contributed by atoms with Crippen molar-refractivity contribution in [2.24, 2.45) is 5.92 Å². The number of carbonyl (C=O) groups excluding carboxylic acids is 1. The SMILES string of the molecule is C=CC(=O)OC(S)C(C)C. The number of hydrogen-bond acceptors (Lipinski definition) is 3. The minimum absolute atomic E-state index is 0.229. The van der Waals surface area contributed by atoms with Crippen LogP contribution >= 0.6 is 12.6 Å². The van der Waals surface area contributed by atoms with Crippen LogP contribution in [0.4, 0.5) is 0 Å². The van der Waals surface area contributed by atoms with Gasteiger partial charge in [-0.2, -0.15) is 0 Å². The number of ether oxygens (including phenoxy) is 1. The molecular weight excluding hydrogens is 148 g/mol. The van der Waals surface area contributed by atoms with E-state index in [1.807, 2.05) is 13.8 Å². The highest BCUT2D eigenvalue weighted by Crippen LogP contribution is 2.09. The lowest BCUT2D eigenvalue weighted by atomic mass is 10.2. The zero-order valence-electron chi connectivity index (χ0n) is 6.20. The summed E-state index contributed by atoms with van der Waals surface area (Å²) in [5.41, 5.74) is -0.328. The van der Waals surface area contributed by atoms with Gasteiger partial charge in [0.15, 0.2) is 0 Å². The highest BCUT2D eigenvalue weighted by molar-refractivity contribution is 7.80. The third-order valence-corrected chi connectivity index (χ3v) is 1.68. The second kappa shape index (κ2) is 4.39. The molecule has 0 aromatic rings. The van der Waals surface area contributed by atoms with Gasteiger partial charge in [0.2, 0.25) is 0 Å². The largest absolute Gasteiger partial charge is 0.448 e. The van der Waals surface area contributed by atoms with E-state index in [0.717, 1.165) is 6.08 Å². The van der Waals surface area contributed by atoms with Gasteiger partial charge in [0.05, 0.1) is 0 Å². The van der Waals surface area contributed by atoms with E-state index in [0.29, 0.717) is 0 Å². The molecular formula is C7H12O2S. The summed E-state index contributed by atoms with van der Waals surface area (Å²) in [6, 6.07) is 0. The molecule has 3 heteroatoms. The van der Waals surface area contributed by atoms with Gasteiger partial charge in [-0.1, -0.05) is 20.4 Å². The van der Waals surface area contributed by atoms with Gasteiger partial charge in [0.25, 0.3) is 0 Å². The fourth-order valence-corrected chi connectivity index (χ4v) is 0.407. The Morgan fingerprint density at radius 1 is 1.70 bits per heavy atom. The average Bonchev–Trinajstić information content (AvgIpc) is 1.87. The molecule has 0 amide bonds. The monoisotopic (exact) mass is 160 g/mol. The minimum Gasteiger partial charge on any atom is -0.448 e. The number of esters is 1. The first-order valence-corrected chi connectivity index (χ1v) is 3.60. The van der Waals surface area contributed by atoms with Gasteiger partial charge in [0.1, 0.15) is 5.44 Å². The third-order valence-electron chi connectivity index (χ3n) is 0.974. The van der Waals surface area contributed by atoms with Crippen molar-refractivity contribution in [3.05, 3.63) is 12.7 Å². The summed E-state index contributed by atoms with van der Waals surface area (Å²) in [5.74, 6) is -0.194. The van der Waals surface area contributed by atoms with Crippen molar-refractivity contribution in [2.75, 3.05) is 0 Å². The quantitative estimate of drug-likeness (QED) is 0.294. The van der Waals surface area contributed by atoms with Gasteiger partial charge in [-0.15, -0.1) is 12.6 Å². The van der Waals surface area contributed by atoms with Gasteiger partial charge >= 0.3 is 5.97 Å². The van der Waals surface area contributed by atoms with Crippen molar-refractivity contribution in [3.8, 4) is 0 Å². The zero-order chi connectivity index (χ0) is 8.15. The Balaban J connectivity index is 3.67. The fourth-order valence-electron chi connectivity index (χ4n) is 0.303. The van der Waals surface area contributed by atoms with E-state index in [4.69, 9.17) is 4.74 Å². The van der Waals surface area contributed by atoms with Crippen molar-refractivity contribution < 1.29 is 9.53 Å². The predicted molar refractivity (Wildman–Crippen MR) is 43.9 cm³/mol. The predicted octanol–water partition coefficient (Wildman–Crippen LogP) is 1.63. The molecule has 0 fully saturated rings. The highest BCUT2D eigenvalue weighted by Gasteiger charge is 2.10. The van der Waals surface area contributed by atoms with E-state index in [-0.39, 0.29) is 11.4 Å². The molecule has 0 N–H and O–H groups in total. The van der Waals surface area contributed by atoms with Crippen LogP contribution in [-0.4, -0.2) is 11.4 Å². The van der Waals surface area contributed by atoms with Gasteiger partial charge in [-0.3, -0.25) is 0 Å². The standard InChI is InChI=1S/C7H12O2S/c1-4-6(8)9-7(10)5(2)3/h4-5,7,10H,1H2,2-3H3. The summed E-state index contributed by atoms with van der Waals surface area (Å²) >= 11 is 4.03. The lowest BCUT2D eigenvalue weighted by molar-refractivity contribution is -0.140. The first-order valence-electron chi connectivity index (χ1n) is 3.09. The molecule has 10 heavy (non-hydrogen) atoms. The molecule has 0 aromatic heterocycles. The molecule has 0 aliphatic carbocycles.